The van der Waals surface area contributed by atoms with E-state index in [9.17, 15) is 5.11 Å². The summed E-state index contributed by atoms with van der Waals surface area (Å²) in [5.74, 6) is 0.571. The molecular weight excluding hydrogens is 403 g/mol. The predicted octanol–water partition coefficient (Wildman–Crippen LogP) is 5.06. The number of ether oxygens (including phenoxy) is 1. The van der Waals surface area contributed by atoms with Gasteiger partial charge in [-0.1, -0.05) is 41.4 Å². The minimum absolute atomic E-state index is 0.0128. The second-order valence-corrected chi connectivity index (χ2v) is 9.08. The lowest BCUT2D eigenvalue weighted by molar-refractivity contribution is 0.0870. The normalized spacial score (nSPS) is 25.9. The first-order valence-corrected chi connectivity index (χ1v) is 9.90. The molecule has 0 bridgehead atoms. The van der Waals surface area contributed by atoms with Crippen LogP contribution in [0.1, 0.15) is 43.9 Å². The van der Waals surface area contributed by atoms with Gasteiger partial charge in [0.1, 0.15) is 17.6 Å². The standard InChI is InChI=1S/C20H20Cl2N2O2S/c1-19(2)10-20(24-18(27)23-19)9-17(11-5-3-4-6-13(11)21)26-16-8-15(25)14(22)7-12(16)20/h3-8,17,25H,9-10H2,1-2H3,(H2,23,24,27). The molecule has 2 aliphatic rings. The number of aromatic hydroxyl groups is 1. The number of thiocarbonyl (C=S) groups is 1. The van der Waals surface area contributed by atoms with Crippen LogP contribution >= 0.6 is 35.4 Å². The molecule has 4 rings (SSSR count). The van der Waals surface area contributed by atoms with Crippen molar-refractivity contribution in [3.63, 3.8) is 0 Å². The summed E-state index contributed by atoms with van der Waals surface area (Å²) < 4.78 is 6.26. The van der Waals surface area contributed by atoms with Crippen LogP contribution in [0, 0.1) is 0 Å². The number of halogens is 2. The first kappa shape index (κ1) is 18.7. The fourth-order valence-corrected chi connectivity index (χ4v) is 5.12. The third kappa shape index (κ3) is 3.33. The van der Waals surface area contributed by atoms with Gasteiger partial charge in [-0.15, -0.1) is 0 Å². The minimum atomic E-state index is -0.486. The van der Waals surface area contributed by atoms with E-state index < -0.39 is 5.54 Å². The summed E-state index contributed by atoms with van der Waals surface area (Å²) >= 11 is 18.2. The van der Waals surface area contributed by atoms with Gasteiger partial charge in [-0.05, 0) is 44.6 Å². The smallest absolute Gasteiger partial charge is 0.167 e. The van der Waals surface area contributed by atoms with Crippen LogP contribution in [0.3, 0.4) is 0 Å². The molecule has 2 atom stereocenters. The molecule has 0 aliphatic carbocycles. The number of nitrogens with one attached hydrogen (secondary N) is 2. The second-order valence-electron chi connectivity index (χ2n) is 7.85. The summed E-state index contributed by atoms with van der Waals surface area (Å²) in [6, 6.07) is 11.0. The van der Waals surface area contributed by atoms with Gasteiger partial charge in [0, 0.05) is 34.2 Å². The highest BCUT2D eigenvalue weighted by molar-refractivity contribution is 7.80. The maximum Gasteiger partial charge on any atom is 0.167 e. The lowest BCUT2D eigenvalue weighted by Crippen LogP contribution is -2.65. The van der Waals surface area contributed by atoms with E-state index in [1.165, 1.54) is 0 Å². The Hall–Kier alpha value is -1.69. The largest absolute Gasteiger partial charge is 0.506 e. The van der Waals surface area contributed by atoms with Gasteiger partial charge in [-0.3, -0.25) is 0 Å². The zero-order chi connectivity index (χ0) is 19.4. The molecule has 27 heavy (non-hydrogen) atoms. The van der Waals surface area contributed by atoms with Crippen LogP contribution in [-0.2, 0) is 5.54 Å². The van der Waals surface area contributed by atoms with Crippen LogP contribution in [-0.4, -0.2) is 15.8 Å². The van der Waals surface area contributed by atoms with Crippen molar-refractivity contribution in [1.82, 2.24) is 10.6 Å². The Bertz CT molecular complexity index is 934. The Morgan fingerprint density at radius 2 is 1.89 bits per heavy atom. The highest BCUT2D eigenvalue weighted by atomic mass is 35.5. The zero-order valence-corrected chi connectivity index (χ0v) is 17.3. The van der Waals surface area contributed by atoms with E-state index in [-0.39, 0.29) is 22.4 Å². The molecule has 3 N–H and O–H groups in total. The van der Waals surface area contributed by atoms with Crippen LogP contribution < -0.4 is 15.4 Å². The third-order valence-corrected chi connectivity index (χ3v) is 6.02. The van der Waals surface area contributed by atoms with Crippen LogP contribution in [0.25, 0.3) is 0 Å². The highest BCUT2D eigenvalue weighted by Gasteiger charge is 2.49. The molecule has 2 aliphatic heterocycles. The Morgan fingerprint density at radius 3 is 2.59 bits per heavy atom. The lowest BCUT2D eigenvalue weighted by Gasteiger charge is -2.51. The van der Waals surface area contributed by atoms with Crippen molar-refractivity contribution in [2.24, 2.45) is 0 Å². The van der Waals surface area contributed by atoms with Crippen molar-refractivity contribution in [3.05, 3.63) is 57.6 Å². The first-order valence-electron chi connectivity index (χ1n) is 8.74. The van der Waals surface area contributed by atoms with Gasteiger partial charge in [0.2, 0.25) is 0 Å². The van der Waals surface area contributed by atoms with E-state index in [2.05, 4.69) is 24.5 Å². The van der Waals surface area contributed by atoms with Crippen molar-refractivity contribution < 1.29 is 9.84 Å². The maximum atomic E-state index is 10.1. The van der Waals surface area contributed by atoms with Crippen LogP contribution in [0.2, 0.25) is 10.0 Å². The number of phenolic OH excluding ortho intramolecular Hbond substituents is 1. The van der Waals surface area contributed by atoms with Gasteiger partial charge in [-0.25, -0.2) is 0 Å². The molecule has 142 valence electrons. The molecule has 2 unspecified atom stereocenters. The molecule has 1 spiro atoms. The number of hydrogen-bond acceptors (Lipinski definition) is 3. The van der Waals surface area contributed by atoms with Gasteiger partial charge in [-0.2, -0.15) is 0 Å². The molecule has 1 saturated heterocycles. The zero-order valence-electron chi connectivity index (χ0n) is 15.0. The number of phenols is 1. The minimum Gasteiger partial charge on any atom is -0.506 e. The molecule has 0 aromatic heterocycles. The second kappa shape index (κ2) is 6.43. The van der Waals surface area contributed by atoms with E-state index in [1.54, 1.807) is 12.1 Å². The average molecular weight is 423 g/mol. The predicted molar refractivity (Wildman–Crippen MR) is 112 cm³/mol. The van der Waals surface area contributed by atoms with E-state index in [0.717, 1.165) is 17.5 Å². The van der Waals surface area contributed by atoms with Gasteiger partial charge in [0.15, 0.2) is 5.11 Å². The van der Waals surface area contributed by atoms with Gasteiger partial charge >= 0.3 is 0 Å². The van der Waals surface area contributed by atoms with Crippen LogP contribution in [0.4, 0.5) is 0 Å². The third-order valence-electron chi connectivity index (χ3n) is 5.17. The van der Waals surface area contributed by atoms with E-state index >= 15 is 0 Å². The molecule has 1 fully saturated rings. The molecule has 0 amide bonds. The molecule has 2 aromatic rings. The fourth-order valence-electron chi connectivity index (χ4n) is 4.23. The summed E-state index contributed by atoms with van der Waals surface area (Å²) in [6.45, 7) is 4.23. The van der Waals surface area contributed by atoms with E-state index in [4.69, 9.17) is 40.2 Å². The van der Waals surface area contributed by atoms with Gasteiger partial charge in [0.05, 0.1) is 10.6 Å². The molecule has 0 saturated carbocycles. The summed E-state index contributed by atoms with van der Waals surface area (Å²) in [5.41, 5.74) is 1.10. The summed E-state index contributed by atoms with van der Waals surface area (Å²) in [4.78, 5) is 0. The van der Waals surface area contributed by atoms with Crippen molar-refractivity contribution in [3.8, 4) is 11.5 Å². The van der Waals surface area contributed by atoms with Crippen molar-refractivity contribution in [2.75, 3.05) is 0 Å². The Balaban J connectivity index is 1.88. The molecule has 7 heteroatoms. The van der Waals surface area contributed by atoms with Crippen molar-refractivity contribution >= 4 is 40.5 Å². The monoisotopic (exact) mass is 422 g/mol. The van der Waals surface area contributed by atoms with Gasteiger partial charge in [0.25, 0.3) is 0 Å². The van der Waals surface area contributed by atoms with E-state index in [0.29, 0.717) is 22.3 Å². The van der Waals surface area contributed by atoms with E-state index in [1.807, 2.05) is 24.3 Å². The number of rotatable bonds is 1. The molecule has 2 heterocycles. The Labute approximate surface area is 173 Å². The molecule has 2 aromatic carbocycles. The van der Waals surface area contributed by atoms with Gasteiger partial charge < -0.3 is 20.5 Å². The fraction of sp³-hybridized carbons (Fsp3) is 0.350. The van der Waals surface area contributed by atoms with Crippen molar-refractivity contribution in [2.45, 2.75) is 43.9 Å². The molecular formula is C20H20Cl2N2O2S. The summed E-state index contributed by atoms with van der Waals surface area (Å²) in [5, 5.41) is 18.4. The lowest BCUT2D eigenvalue weighted by atomic mass is 9.72. The van der Waals surface area contributed by atoms with Crippen molar-refractivity contribution in [1.29, 1.82) is 0 Å². The first-order chi connectivity index (χ1) is 12.7. The Morgan fingerprint density at radius 1 is 1.15 bits per heavy atom. The quantitative estimate of drug-likeness (QED) is 0.560. The SMILES string of the molecule is CC1(C)CC2(CC(c3ccccc3Cl)Oc3cc(O)c(Cl)cc32)NC(=S)N1. The number of fused-ring (bicyclic) bond motifs is 2. The number of hydrogen-bond donors (Lipinski definition) is 3. The number of benzene rings is 2. The topological polar surface area (TPSA) is 53.5 Å². The maximum absolute atomic E-state index is 10.1. The highest BCUT2D eigenvalue weighted by Crippen LogP contribution is 2.51. The Kier molecular flexibility index (Phi) is 4.45. The molecule has 0 radical (unpaired) electrons. The average Bonchev–Trinajstić information content (AvgIpc) is 2.55. The summed E-state index contributed by atoms with van der Waals surface area (Å²) in [7, 11) is 0. The van der Waals surface area contributed by atoms with Crippen LogP contribution in [0.5, 0.6) is 11.5 Å². The summed E-state index contributed by atoms with van der Waals surface area (Å²) in [6.07, 6.45) is 1.12. The molecule has 4 nitrogen and oxygen atoms in total. The van der Waals surface area contributed by atoms with Crippen LogP contribution in [0.15, 0.2) is 36.4 Å².